The second-order valence-electron chi connectivity index (χ2n) is 15.2. The van der Waals surface area contributed by atoms with E-state index in [4.69, 9.17) is 4.74 Å². The molecule has 0 spiro atoms. The van der Waals surface area contributed by atoms with Crippen molar-refractivity contribution in [2.24, 2.45) is 45.8 Å². The van der Waals surface area contributed by atoms with E-state index in [1.807, 2.05) is 41.5 Å². The lowest BCUT2D eigenvalue weighted by atomic mass is 9.74. The fraction of sp³-hybridized carbons (Fsp3) is 0.871. The van der Waals surface area contributed by atoms with Crippen molar-refractivity contribution >= 4 is 23.4 Å². The molecule has 3 fully saturated rings. The number of nitrogens with zero attached hydrogens (tertiary/aromatic N) is 1. The number of aliphatic hydroxyl groups is 1. The molecule has 2 saturated carbocycles. The maximum Gasteiger partial charge on any atom is 0.334 e. The molecule has 7 nitrogen and oxygen atoms in total. The van der Waals surface area contributed by atoms with Gasteiger partial charge < -0.3 is 14.7 Å². The molecule has 6 atom stereocenters. The van der Waals surface area contributed by atoms with Crippen molar-refractivity contribution in [1.82, 2.24) is 4.90 Å². The van der Waals surface area contributed by atoms with Gasteiger partial charge >= 0.3 is 5.97 Å². The number of carbonyl (C=O) groups is 4. The van der Waals surface area contributed by atoms with Crippen LogP contribution in [0.1, 0.15) is 100 Å². The van der Waals surface area contributed by atoms with E-state index in [-0.39, 0.29) is 53.0 Å². The van der Waals surface area contributed by atoms with Crippen molar-refractivity contribution in [2.45, 2.75) is 112 Å². The Bertz CT molecular complexity index is 922. The number of amides is 1. The van der Waals surface area contributed by atoms with Gasteiger partial charge in [0.25, 0.3) is 0 Å². The van der Waals surface area contributed by atoms with Gasteiger partial charge in [-0.2, -0.15) is 0 Å². The highest BCUT2D eigenvalue weighted by Crippen LogP contribution is 2.65. The van der Waals surface area contributed by atoms with Crippen LogP contribution in [0.5, 0.6) is 0 Å². The molecule has 0 aromatic heterocycles. The highest BCUT2D eigenvalue weighted by Gasteiger charge is 2.69. The lowest BCUT2D eigenvalue weighted by molar-refractivity contribution is -0.155. The van der Waals surface area contributed by atoms with Gasteiger partial charge in [-0.15, -0.1) is 0 Å². The van der Waals surface area contributed by atoms with Crippen LogP contribution >= 0.6 is 0 Å². The lowest BCUT2D eigenvalue weighted by Crippen LogP contribution is -2.51. The first-order valence-corrected chi connectivity index (χ1v) is 14.5. The number of Topliss-reactive ketones (excluding diaryl/α,β-unsaturated/α-hetero) is 2. The van der Waals surface area contributed by atoms with Gasteiger partial charge in [0.05, 0.1) is 13.2 Å². The number of carbonyl (C=O) groups excluding carboxylic acids is 4. The average Bonchev–Trinajstić information content (AvgIpc) is 3.08. The molecule has 38 heavy (non-hydrogen) atoms. The van der Waals surface area contributed by atoms with Crippen LogP contribution in [0.25, 0.3) is 0 Å². The summed E-state index contributed by atoms with van der Waals surface area (Å²) >= 11 is 0. The fourth-order valence-electron chi connectivity index (χ4n) is 6.91. The molecule has 3 aliphatic rings. The van der Waals surface area contributed by atoms with Crippen molar-refractivity contribution in [2.75, 3.05) is 13.7 Å². The molecule has 1 heterocycles. The van der Waals surface area contributed by atoms with Gasteiger partial charge in [0.2, 0.25) is 5.91 Å². The molecule has 3 rings (SSSR count). The predicted octanol–water partition coefficient (Wildman–Crippen LogP) is 4.83. The zero-order chi connectivity index (χ0) is 28.8. The first kappa shape index (κ1) is 30.8. The van der Waals surface area contributed by atoms with E-state index in [0.29, 0.717) is 25.3 Å². The number of ketones is 2. The minimum Gasteiger partial charge on any atom is -0.467 e. The number of hydrogen-bond acceptors (Lipinski definition) is 6. The summed E-state index contributed by atoms with van der Waals surface area (Å²) < 4.78 is 4.80. The number of fused-ring (bicyclic) bond motifs is 1. The summed E-state index contributed by atoms with van der Waals surface area (Å²) in [7, 11) is 1.25. The van der Waals surface area contributed by atoms with Crippen LogP contribution in [0, 0.1) is 45.8 Å². The SMILES string of the molecule is COC(=O)C(O)C(CC(=O)[C@@H]1[C@@H]2[C@H](CN1C(=O)[C@@H](CC(=O)CC(C)(C)C)C(C)(C)C)C2(C)C)CC1CCC1. The fourth-order valence-corrected chi connectivity index (χ4v) is 6.91. The van der Waals surface area contributed by atoms with E-state index in [1.165, 1.54) is 7.11 Å². The molecule has 1 N–H and O–H groups in total. The quantitative estimate of drug-likeness (QED) is 0.382. The van der Waals surface area contributed by atoms with Crippen molar-refractivity contribution in [3.63, 3.8) is 0 Å². The van der Waals surface area contributed by atoms with Crippen LogP contribution in [0.3, 0.4) is 0 Å². The number of methoxy groups -OCH3 is 1. The summed E-state index contributed by atoms with van der Waals surface area (Å²) in [6.07, 6.45) is 3.08. The number of likely N-dealkylation sites (tertiary alicyclic amines) is 1. The monoisotopic (exact) mass is 533 g/mol. The molecule has 1 amide bonds. The second kappa shape index (κ2) is 11.0. The third kappa shape index (κ3) is 6.68. The molecular formula is C31H51NO6. The number of piperidine rings is 1. The van der Waals surface area contributed by atoms with Crippen LogP contribution in [0.2, 0.25) is 0 Å². The molecular weight excluding hydrogens is 482 g/mol. The summed E-state index contributed by atoms with van der Waals surface area (Å²) in [4.78, 5) is 55.0. The zero-order valence-electron chi connectivity index (χ0n) is 25.1. The average molecular weight is 534 g/mol. The van der Waals surface area contributed by atoms with E-state index < -0.39 is 35.4 Å². The molecule has 0 aromatic carbocycles. The summed E-state index contributed by atoms with van der Waals surface area (Å²) in [6, 6.07) is -0.584. The van der Waals surface area contributed by atoms with Crippen LogP contribution < -0.4 is 0 Å². The Hall–Kier alpha value is -1.76. The molecule has 216 valence electrons. The summed E-state index contributed by atoms with van der Waals surface area (Å²) in [5.74, 6) is -1.19. The molecule has 2 unspecified atom stereocenters. The van der Waals surface area contributed by atoms with E-state index in [1.54, 1.807) is 4.90 Å². The highest BCUT2D eigenvalue weighted by molar-refractivity contribution is 5.94. The molecule has 7 heteroatoms. The number of ether oxygens (including phenoxy) is 1. The highest BCUT2D eigenvalue weighted by atomic mass is 16.5. The smallest absolute Gasteiger partial charge is 0.334 e. The van der Waals surface area contributed by atoms with Crippen LogP contribution in [0.4, 0.5) is 0 Å². The minimum atomic E-state index is -1.35. The van der Waals surface area contributed by atoms with Crippen molar-refractivity contribution in [3.8, 4) is 0 Å². The topological polar surface area (TPSA) is 101 Å². The predicted molar refractivity (Wildman–Crippen MR) is 146 cm³/mol. The minimum absolute atomic E-state index is 0.0408. The van der Waals surface area contributed by atoms with Crippen molar-refractivity contribution < 1.29 is 29.0 Å². The molecule has 1 aliphatic heterocycles. The van der Waals surface area contributed by atoms with Crippen LogP contribution in [-0.4, -0.2) is 59.2 Å². The third-order valence-electron chi connectivity index (χ3n) is 9.54. The van der Waals surface area contributed by atoms with Gasteiger partial charge in [-0.1, -0.05) is 74.7 Å². The number of rotatable bonds is 11. The Balaban J connectivity index is 1.83. The standard InChI is InChI=1S/C31H51NO6/c1-29(2,3)16-20(33)15-21(30(4,5)6)27(36)32-17-22-24(31(22,7)8)25(32)23(34)14-19(13-18-11-10-12-18)26(35)28(37)38-9/h18-19,21-22,24-26,35H,10-17H2,1-9H3/t19?,21-,22+,24+,25-,26?/m1/s1. The third-order valence-corrected chi connectivity index (χ3v) is 9.54. The van der Waals surface area contributed by atoms with Gasteiger partial charge in [-0.25, -0.2) is 4.79 Å². The van der Waals surface area contributed by atoms with Gasteiger partial charge in [-0.3, -0.25) is 14.4 Å². The summed E-state index contributed by atoms with van der Waals surface area (Å²) in [5, 5.41) is 10.7. The van der Waals surface area contributed by atoms with E-state index in [9.17, 15) is 24.3 Å². The van der Waals surface area contributed by atoms with E-state index in [0.717, 1.165) is 19.3 Å². The normalized spacial score (nSPS) is 27.1. The summed E-state index contributed by atoms with van der Waals surface area (Å²) in [6.45, 7) is 16.8. The Morgan fingerprint density at radius 3 is 2.11 bits per heavy atom. The zero-order valence-corrected chi connectivity index (χ0v) is 25.1. The van der Waals surface area contributed by atoms with Gasteiger partial charge in [0.1, 0.15) is 5.78 Å². The maximum absolute atomic E-state index is 14.1. The first-order chi connectivity index (χ1) is 17.4. The van der Waals surface area contributed by atoms with Crippen molar-refractivity contribution in [3.05, 3.63) is 0 Å². The Morgan fingerprint density at radius 2 is 1.63 bits per heavy atom. The Kier molecular flexibility index (Phi) is 8.92. The number of esters is 1. The molecule has 0 bridgehead atoms. The van der Waals surface area contributed by atoms with E-state index in [2.05, 4.69) is 13.8 Å². The molecule has 0 aromatic rings. The Labute approximate surface area is 229 Å². The second-order valence-corrected chi connectivity index (χ2v) is 15.2. The summed E-state index contributed by atoms with van der Waals surface area (Å²) in [5.41, 5.74) is -0.633. The lowest BCUT2D eigenvalue weighted by Gasteiger charge is -2.38. The van der Waals surface area contributed by atoms with Crippen LogP contribution in [0.15, 0.2) is 0 Å². The molecule has 0 radical (unpaired) electrons. The van der Waals surface area contributed by atoms with Gasteiger partial charge in [-0.05, 0) is 40.4 Å². The van der Waals surface area contributed by atoms with Gasteiger partial charge in [0.15, 0.2) is 11.9 Å². The van der Waals surface area contributed by atoms with Crippen molar-refractivity contribution in [1.29, 1.82) is 0 Å². The largest absolute Gasteiger partial charge is 0.467 e. The Morgan fingerprint density at radius 1 is 1.03 bits per heavy atom. The van der Waals surface area contributed by atoms with Crippen LogP contribution in [-0.2, 0) is 23.9 Å². The first-order valence-electron chi connectivity index (χ1n) is 14.5. The maximum atomic E-state index is 14.1. The van der Waals surface area contributed by atoms with Gasteiger partial charge in [0, 0.05) is 37.6 Å². The number of hydrogen-bond donors (Lipinski definition) is 1. The van der Waals surface area contributed by atoms with E-state index >= 15 is 0 Å². The molecule has 2 aliphatic carbocycles. The number of aliphatic hydroxyl groups excluding tert-OH is 1. The molecule has 1 saturated heterocycles.